The molecule has 4 fully saturated rings. The summed E-state index contributed by atoms with van der Waals surface area (Å²) in [4.78, 5) is 77.6. The van der Waals surface area contributed by atoms with E-state index in [1.54, 1.807) is 23.7 Å². The molecule has 24 nitrogen and oxygen atoms in total. The number of pyridine rings is 8. The predicted molar refractivity (Wildman–Crippen MR) is 461 cm³/mol. The van der Waals surface area contributed by atoms with Gasteiger partial charge in [-0.2, -0.15) is 10.5 Å². The largest absolute Gasteiger partial charge is 0.370 e. The van der Waals surface area contributed by atoms with Gasteiger partial charge in [-0.25, -0.2) is 48.7 Å². The molecule has 4 aliphatic heterocycles. The quantitative estimate of drug-likeness (QED) is 0.151. The van der Waals surface area contributed by atoms with E-state index in [1.807, 2.05) is 110 Å². The number of anilines is 4. The van der Waals surface area contributed by atoms with E-state index < -0.39 is 11.6 Å². The normalized spacial score (nSPS) is 17.8. The van der Waals surface area contributed by atoms with Gasteiger partial charge in [0.1, 0.15) is 34.7 Å². The van der Waals surface area contributed by atoms with Crippen molar-refractivity contribution in [2.24, 2.45) is 23.7 Å². The van der Waals surface area contributed by atoms with Crippen LogP contribution in [0.5, 0.6) is 0 Å². The lowest BCUT2D eigenvalue weighted by Gasteiger charge is -2.37. The summed E-state index contributed by atoms with van der Waals surface area (Å²) in [5, 5.41) is 29.0. The summed E-state index contributed by atoms with van der Waals surface area (Å²) < 4.78 is 35.7. The van der Waals surface area contributed by atoms with Crippen LogP contribution in [0.25, 0.3) is 111 Å². The average Bonchev–Trinajstić information content (AvgIpc) is 1.59. The second-order valence-electron chi connectivity index (χ2n) is 32.4. The Kier molecular flexibility index (Phi) is 20.9. The SMILES string of the molecule is CCNC(=O)c1cc2c(N3CCCN(C)CC3)ccnc2n2c1nc1ccc(C)cc12.CNC(=O)c1cc2c(N3CCCN(C)CC3)ccnc2n2c1nc1cc(F)c(F)cc12.C[C@@H]1C[C@H](C)CN(c2ccnc3c2cc(C#N)c2nc4ccccc4n23)C1.Cc1cc(N2C[C@H](C)C[C@H](C)C2)c2cc(C#N)c3nc4ccccc4n3c2n1. The Labute approximate surface area is 675 Å². The average molecular weight is 1570 g/mol. The summed E-state index contributed by atoms with van der Waals surface area (Å²) in [5.74, 6) is 0.236. The van der Waals surface area contributed by atoms with Gasteiger partial charge in [0.25, 0.3) is 11.8 Å². The van der Waals surface area contributed by atoms with Crippen molar-refractivity contribution in [3.05, 3.63) is 191 Å². The minimum absolute atomic E-state index is 0.105. The molecular formula is C91H94F2N22O2. The van der Waals surface area contributed by atoms with Crippen molar-refractivity contribution < 1.29 is 18.4 Å². The Morgan fingerprint density at radius 2 is 0.863 bits per heavy atom. The van der Waals surface area contributed by atoms with Crippen LogP contribution in [0.2, 0.25) is 0 Å². The van der Waals surface area contributed by atoms with E-state index >= 15 is 0 Å². The number of hydrogen-bond donors (Lipinski definition) is 2. The number of para-hydroxylation sites is 4. The molecule has 4 aliphatic rings. The summed E-state index contributed by atoms with van der Waals surface area (Å²) in [5.41, 5.74) is 20.3. The molecule has 4 aromatic carbocycles. The van der Waals surface area contributed by atoms with Crippen molar-refractivity contribution in [1.29, 1.82) is 10.5 Å². The highest BCUT2D eigenvalue weighted by atomic mass is 19.2. The first kappa shape index (κ1) is 76.8. The second-order valence-corrected chi connectivity index (χ2v) is 32.4. The Hall–Kier alpha value is -12.8. The summed E-state index contributed by atoms with van der Waals surface area (Å²) in [6, 6.07) is 45.0. The van der Waals surface area contributed by atoms with Crippen LogP contribution in [-0.4, -0.2) is 185 Å². The third-order valence-electron chi connectivity index (χ3n) is 23.4. The number of benzene rings is 4. The molecule has 594 valence electrons. The highest BCUT2D eigenvalue weighted by Gasteiger charge is 2.30. The molecule has 0 spiro atoms. The number of imidazole rings is 4. The highest BCUT2D eigenvalue weighted by molar-refractivity contribution is 6.09. The molecule has 4 atom stereocenters. The number of nitrogens with one attached hydrogen (secondary N) is 2. The zero-order chi connectivity index (χ0) is 81.2. The molecule has 117 heavy (non-hydrogen) atoms. The monoisotopic (exact) mass is 1560 g/mol. The molecule has 2 amide bonds. The number of piperidine rings is 2. The van der Waals surface area contributed by atoms with Crippen molar-refractivity contribution in [2.75, 3.05) is 126 Å². The van der Waals surface area contributed by atoms with Gasteiger partial charge < -0.3 is 40.0 Å². The maximum absolute atomic E-state index is 14.1. The number of carbonyl (C=O) groups is 2. The molecule has 0 radical (unpaired) electrons. The molecule has 0 unspecified atom stereocenters. The van der Waals surface area contributed by atoms with Crippen LogP contribution in [0.3, 0.4) is 0 Å². The van der Waals surface area contributed by atoms with Gasteiger partial charge in [0.15, 0.2) is 34.2 Å². The molecular weight excluding hydrogens is 1470 g/mol. The summed E-state index contributed by atoms with van der Waals surface area (Å²) >= 11 is 0. The summed E-state index contributed by atoms with van der Waals surface area (Å²) in [6.45, 7) is 27.7. The zero-order valence-electron chi connectivity index (χ0n) is 67.7. The maximum atomic E-state index is 14.1. The third-order valence-corrected chi connectivity index (χ3v) is 23.4. The van der Waals surface area contributed by atoms with E-state index in [-0.39, 0.29) is 17.3 Å². The lowest BCUT2D eigenvalue weighted by atomic mass is 9.91. The zero-order valence-corrected chi connectivity index (χ0v) is 67.7. The fourth-order valence-corrected chi connectivity index (χ4v) is 18.3. The number of aromatic nitrogens is 12. The summed E-state index contributed by atoms with van der Waals surface area (Å²) in [7, 11) is 5.82. The van der Waals surface area contributed by atoms with Crippen LogP contribution in [0, 0.1) is 71.8 Å². The number of aryl methyl sites for hydroxylation is 2. The molecule has 20 rings (SSSR count). The Morgan fingerprint density at radius 1 is 0.436 bits per heavy atom. The Morgan fingerprint density at radius 3 is 1.38 bits per heavy atom. The van der Waals surface area contributed by atoms with E-state index in [0.717, 1.165) is 203 Å². The van der Waals surface area contributed by atoms with E-state index in [0.29, 0.717) is 86.2 Å². The molecule has 2 N–H and O–H groups in total. The molecule has 16 heterocycles. The van der Waals surface area contributed by atoms with E-state index in [1.165, 1.54) is 18.5 Å². The van der Waals surface area contributed by atoms with E-state index in [4.69, 9.17) is 19.9 Å². The van der Waals surface area contributed by atoms with Crippen molar-refractivity contribution >= 4 is 145 Å². The van der Waals surface area contributed by atoms with Gasteiger partial charge in [-0.1, -0.05) is 58.0 Å². The molecule has 16 aromatic rings. The fourth-order valence-electron chi connectivity index (χ4n) is 18.3. The van der Waals surface area contributed by atoms with Gasteiger partial charge in [-0.05, 0) is 188 Å². The smallest absolute Gasteiger partial charge is 0.255 e. The van der Waals surface area contributed by atoms with Gasteiger partial charge in [0.05, 0.1) is 66.4 Å². The van der Waals surface area contributed by atoms with E-state index in [2.05, 4.69) is 160 Å². The molecule has 0 saturated carbocycles. The molecule has 12 aromatic heterocycles. The number of fused-ring (bicyclic) bond motifs is 20. The van der Waals surface area contributed by atoms with Crippen LogP contribution >= 0.6 is 0 Å². The molecule has 4 saturated heterocycles. The summed E-state index contributed by atoms with van der Waals surface area (Å²) in [6.07, 6.45) is 10.1. The number of halogens is 2. The Balaban J connectivity index is 0.000000112. The first-order chi connectivity index (χ1) is 56.7. The fraction of sp³-hybridized carbons (Fsp3) is 0.341. The number of amides is 2. The first-order valence-corrected chi connectivity index (χ1v) is 40.6. The van der Waals surface area contributed by atoms with E-state index in [9.17, 15) is 28.9 Å². The van der Waals surface area contributed by atoms with Gasteiger partial charge in [-0.3, -0.25) is 27.2 Å². The van der Waals surface area contributed by atoms with Crippen molar-refractivity contribution in [1.82, 2.24) is 77.9 Å². The number of carbonyl (C=O) groups excluding carboxylic acids is 2. The predicted octanol–water partition coefficient (Wildman–Crippen LogP) is 15.1. The number of rotatable bonds is 7. The number of hydrogen-bond acceptors (Lipinski definition) is 18. The lowest BCUT2D eigenvalue weighted by Crippen LogP contribution is -2.38. The second kappa shape index (κ2) is 31.8. The van der Waals surface area contributed by atoms with Gasteiger partial charge in [-0.15, -0.1) is 0 Å². The molecule has 0 aliphatic carbocycles. The van der Waals surface area contributed by atoms with Crippen LogP contribution in [0.4, 0.5) is 31.5 Å². The van der Waals surface area contributed by atoms with Crippen molar-refractivity contribution in [3.8, 4) is 12.1 Å². The molecule has 26 heteroatoms. The van der Waals surface area contributed by atoms with Gasteiger partial charge in [0.2, 0.25) is 0 Å². The Bertz CT molecular complexity index is 6690. The lowest BCUT2D eigenvalue weighted by molar-refractivity contribution is 0.0951. The van der Waals surface area contributed by atoms with Crippen molar-refractivity contribution in [2.45, 2.75) is 74.1 Å². The number of nitrogens with zero attached hydrogens (tertiary/aromatic N) is 20. The number of nitriles is 2. The van der Waals surface area contributed by atoms with Crippen LogP contribution in [0.1, 0.15) is 103 Å². The molecule has 0 bridgehead atoms. The topological polar surface area (TPSA) is 246 Å². The van der Waals surface area contributed by atoms with Crippen molar-refractivity contribution in [3.63, 3.8) is 0 Å². The minimum atomic E-state index is -0.982. The minimum Gasteiger partial charge on any atom is -0.370 e. The standard InChI is InChI=1S/C24H28N6O.C23H23N5.C22H22F2N6O.C22H21N5/c1-4-25-24(31)18-15-17-20(29-11-5-10-28(3)12-13-29)8-9-26-22(17)30-21-14-16(2)6-7-19(21)27-23(18)30;1-14-8-15(2)13-27(12-14)21-9-16(3)25-23-18(21)10-17(11-24)22-26-19-6-4-5-7-20(19)28(22)23;1-25-22(31)14-10-13-18(29-7-3-6-28(2)8-9-29)4-5-26-20(13)30-19-12-16(24)15(23)11-17(19)27-21(14)30;1-14-9-15(2)13-26(12-14)19-7-8-24-22-17(19)10-16(11-23)21-25-18-5-3-4-6-20(18)27(21)22/h6-9,14-15H,4-5,10-13H2,1-3H3,(H,25,31);4-7,9-10,14-15H,8,12-13H2,1-3H3;4-5,10-12H,3,6-9H2,1-2H3,(H,25,31);3-8,10,14-15H,9,12-13H2,1-2H3/t;14-,15+;;14-,15+. The van der Waals surface area contributed by atoms with Gasteiger partial charge in [0, 0.05) is 160 Å². The van der Waals surface area contributed by atoms with Gasteiger partial charge >= 0.3 is 0 Å². The van der Waals surface area contributed by atoms with Crippen LogP contribution in [0.15, 0.2) is 146 Å². The number of likely N-dealkylation sites (N-methyl/N-ethyl adjacent to an activating group) is 2. The van der Waals surface area contributed by atoms with Crippen LogP contribution < -0.4 is 30.2 Å². The first-order valence-electron chi connectivity index (χ1n) is 40.6. The maximum Gasteiger partial charge on any atom is 0.255 e. The highest BCUT2D eigenvalue weighted by Crippen LogP contribution is 2.40. The third kappa shape index (κ3) is 14.4. The van der Waals surface area contributed by atoms with Crippen LogP contribution in [-0.2, 0) is 0 Å².